The van der Waals surface area contributed by atoms with Crippen LogP contribution in [0.15, 0.2) is 53.0 Å². The van der Waals surface area contributed by atoms with E-state index < -0.39 is 11.9 Å². The highest BCUT2D eigenvalue weighted by Crippen LogP contribution is 2.37. The molecule has 0 amide bonds. The van der Waals surface area contributed by atoms with Crippen molar-refractivity contribution in [1.82, 2.24) is 9.78 Å². The first-order chi connectivity index (χ1) is 16.9. The van der Waals surface area contributed by atoms with Crippen molar-refractivity contribution in [3.63, 3.8) is 0 Å². The summed E-state index contributed by atoms with van der Waals surface area (Å²) in [6.07, 6.45) is 0.645. The second-order valence-electron chi connectivity index (χ2n) is 7.20. The Hall–Kier alpha value is -3.66. The number of aromatic nitrogens is 2. The Morgan fingerprint density at radius 1 is 1.00 bits per heavy atom. The molecule has 1 aromatic heterocycles. The number of carbonyl (C=O) groups excluding carboxylic acids is 3. The minimum absolute atomic E-state index is 0.0577. The van der Waals surface area contributed by atoms with E-state index in [9.17, 15) is 14.4 Å². The van der Waals surface area contributed by atoms with Gasteiger partial charge in [0.25, 0.3) is 0 Å². The summed E-state index contributed by atoms with van der Waals surface area (Å²) in [4.78, 5) is 37.3. The number of hydrogen-bond acceptors (Lipinski definition) is 8. The zero-order valence-corrected chi connectivity index (χ0v) is 21.2. The van der Waals surface area contributed by atoms with E-state index in [1.807, 2.05) is 6.07 Å². The van der Waals surface area contributed by atoms with Crippen LogP contribution in [-0.4, -0.2) is 55.1 Å². The second-order valence-corrected chi connectivity index (χ2v) is 8.12. The molecule has 0 aliphatic rings. The summed E-state index contributed by atoms with van der Waals surface area (Å²) in [5.74, 6) is -1.39. The van der Waals surface area contributed by atoms with Gasteiger partial charge in [0.2, 0.25) is 0 Å². The lowest BCUT2D eigenvalue weighted by molar-refractivity contribution is -0.143. The normalized spacial score (nSPS) is 10.5. The number of rotatable bonds is 10. The zero-order chi connectivity index (χ0) is 25.4. The highest BCUT2D eigenvalue weighted by molar-refractivity contribution is 9.10. The van der Waals surface area contributed by atoms with Crippen molar-refractivity contribution in [2.75, 3.05) is 27.4 Å². The van der Waals surface area contributed by atoms with Gasteiger partial charge in [-0.15, -0.1) is 0 Å². The summed E-state index contributed by atoms with van der Waals surface area (Å²) in [6.45, 7) is 2.29. The first kappa shape index (κ1) is 26.0. The average Bonchev–Trinajstić information content (AvgIpc) is 3.27. The van der Waals surface area contributed by atoms with E-state index in [1.165, 1.54) is 18.9 Å². The van der Waals surface area contributed by atoms with E-state index in [2.05, 4.69) is 21.0 Å². The van der Waals surface area contributed by atoms with Gasteiger partial charge in [-0.2, -0.15) is 5.10 Å². The molecule has 3 aromatic rings. The van der Waals surface area contributed by atoms with Crippen LogP contribution in [0.5, 0.6) is 5.75 Å². The van der Waals surface area contributed by atoms with Gasteiger partial charge in [-0.3, -0.25) is 4.79 Å². The summed E-state index contributed by atoms with van der Waals surface area (Å²) in [6, 6.07) is 14.1. The van der Waals surface area contributed by atoms with Crippen LogP contribution in [0, 0.1) is 0 Å². The van der Waals surface area contributed by atoms with E-state index in [4.69, 9.17) is 18.9 Å². The molecule has 9 nitrogen and oxygen atoms in total. The Bertz CT molecular complexity index is 1210. The quantitative estimate of drug-likeness (QED) is 0.207. The molecule has 0 saturated carbocycles. The number of para-hydroxylation sites is 1. The lowest BCUT2D eigenvalue weighted by atomic mass is 10.0. The maximum absolute atomic E-state index is 12.9. The molecular formula is C25H25BrN2O7. The maximum Gasteiger partial charge on any atom is 0.357 e. The van der Waals surface area contributed by atoms with Gasteiger partial charge in [-0.1, -0.05) is 34.1 Å². The van der Waals surface area contributed by atoms with Crippen molar-refractivity contribution >= 4 is 33.8 Å². The Balaban J connectivity index is 2.11. The van der Waals surface area contributed by atoms with Crippen LogP contribution in [0.1, 0.15) is 40.6 Å². The number of halogens is 1. The zero-order valence-electron chi connectivity index (χ0n) is 19.6. The van der Waals surface area contributed by atoms with Crippen molar-refractivity contribution in [3.05, 3.63) is 64.3 Å². The summed E-state index contributed by atoms with van der Waals surface area (Å²) in [5.41, 5.74) is 1.06. The molecule has 0 fully saturated rings. The van der Waals surface area contributed by atoms with Crippen molar-refractivity contribution in [3.8, 4) is 22.7 Å². The Morgan fingerprint density at radius 3 is 2.37 bits per heavy atom. The minimum atomic E-state index is -0.754. The molecule has 0 saturated heterocycles. The Labute approximate surface area is 211 Å². The molecule has 2 aromatic carbocycles. The molecule has 0 radical (unpaired) electrons. The van der Waals surface area contributed by atoms with Gasteiger partial charge in [-0.05, 0) is 43.7 Å². The van der Waals surface area contributed by atoms with Crippen molar-refractivity contribution in [2.45, 2.75) is 19.8 Å². The molecule has 0 N–H and O–H groups in total. The van der Waals surface area contributed by atoms with Gasteiger partial charge in [0.15, 0.2) is 5.69 Å². The van der Waals surface area contributed by atoms with Crippen LogP contribution < -0.4 is 4.74 Å². The second kappa shape index (κ2) is 12.2. The molecule has 35 heavy (non-hydrogen) atoms. The largest absolute Gasteiger partial charge is 0.493 e. The van der Waals surface area contributed by atoms with Crippen LogP contribution in [0.2, 0.25) is 0 Å². The minimum Gasteiger partial charge on any atom is -0.493 e. The first-order valence-corrected chi connectivity index (χ1v) is 11.6. The van der Waals surface area contributed by atoms with E-state index >= 15 is 0 Å². The van der Waals surface area contributed by atoms with Crippen LogP contribution in [0.4, 0.5) is 0 Å². The third-order valence-corrected chi connectivity index (χ3v) is 5.43. The van der Waals surface area contributed by atoms with Crippen LogP contribution in [-0.2, 0) is 19.0 Å². The fourth-order valence-electron chi connectivity index (χ4n) is 3.39. The highest BCUT2D eigenvalue weighted by atomic mass is 79.9. The summed E-state index contributed by atoms with van der Waals surface area (Å²) < 4.78 is 22.9. The summed E-state index contributed by atoms with van der Waals surface area (Å²) >= 11 is 3.44. The predicted molar refractivity (Wildman–Crippen MR) is 131 cm³/mol. The predicted octanol–water partition coefficient (Wildman–Crippen LogP) is 4.60. The van der Waals surface area contributed by atoms with Crippen LogP contribution in [0.25, 0.3) is 16.9 Å². The molecule has 0 spiro atoms. The molecule has 3 rings (SSSR count). The third-order valence-electron chi connectivity index (χ3n) is 4.94. The van der Waals surface area contributed by atoms with E-state index in [0.29, 0.717) is 34.5 Å². The van der Waals surface area contributed by atoms with Crippen LogP contribution in [0.3, 0.4) is 0 Å². The number of carbonyl (C=O) groups is 3. The first-order valence-electron chi connectivity index (χ1n) is 10.8. The number of ether oxygens (including phenoxy) is 4. The number of methoxy groups -OCH3 is 2. The van der Waals surface area contributed by atoms with Crippen molar-refractivity contribution < 1.29 is 33.3 Å². The number of benzene rings is 2. The molecule has 0 aliphatic heterocycles. The Kier molecular flexibility index (Phi) is 9.02. The standard InChI is InChI=1S/C25H25BrN2O7/c1-4-34-20(29)11-8-14-35-19-13-12-16(26)15-18(19)22-21(24(30)32-2)23(25(31)33-3)28(27-22)17-9-6-5-7-10-17/h5-7,9-10,12-13,15H,4,8,11,14H2,1-3H3. The van der Waals surface area contributed by atoms with Gasteiger partial charge in [0.1, 0.15) is 17.0 Å². The van der Waals surface area contributed by atoms with Gasteiger partial charge in [-0.25, -0.2) is 14.3 Å². The van der Waals surface area contributed by atoms with Crippen LogP contribution >= 0.6 is 15.9 Å². The summed E-state index contributed by atoms with van der Waals surface area (Å²) in [7, 11) is 2.45. The van der Waals surface area contributed by atoms with Crippen molar-refractivity contribution in [2.24, 2.45) is 0 Å². The van der Waals surface area contributed by atoms with Crippen molar-refractivity contribution in [1.29, 1.82) is 0 Å². The summed E-state index contributed by atoms with van der Waals surface area (Å²) in [5, 5.41) is 4.61. The fraction of sp³-hybridized carbons (Fsp3) is 0.280. The average molecular weight is 545 g/mol. The number of nitrogens with zero attached hydrogens (tertiary/aromatic N) is 2. The lowest BCUT2D eigenvalue weighted by Crippen LogP contribution is -2.15. The SMILES string of the molecule is CCOC(=O)CCCOc1ccc(Br)cc1-c1nn(-c2ccccc2)c(C(=O)OC)c1C(=O)OC. The molecule has 0 bridgehead atoms. The highest BCUT2D eigenvalue weighted by Gasteiger charge is 2.32. The van der Waals surface area contributed by atoms with E-state index in [-0.39, 0.29) is 35.9 Å². The molecule has 0 unspecified atom stereocenters. The van der Waals surface area contributed by atoms with E-state index in [1.54, 1.807) is 49.4 Å². The molecule has 10 heteroatoms. The van der Waals surface area contributed by atoms with Gasteiger partial charge < -0.3 is 18.9 Å². The van der Waals surface area contributed by atoms with Gasteiger partial charge in [0.05, 0.1) is 33.1 Å². The van der Waals surface area contributed by atoms with E-state index in [0.717, 1.165) is 0 Å². The molecule has 0 aliphatic carbocycles. The topological polar surface area (TPSA) is 106 Å². The number of esters is 3. The fourth-order valence-corrected chi connectivity index (χ4v) is 3.75. The number of hydrogen-bond donors (Lipinski definition) is 0. The van der Waals surface area contributed by atoms with Gasteiger partial charge in [0, 0.05) is 16.5 Å². The smallest absolute Gasteiger partial charge is 0.357 e. The monoisotopic (exact) mass is 544 g/mol. The molecule has 1 heterocycles. The third kappa shape index (κ3) is 6.07. The molecular weight excluding hydrogens is 520 g/mol. The van der Waals surface area contributed by atoms with Gasteiger partial charge >= 0.3 is 17.9 Å². The maximum atomic E-state index is 12.9. The molecule has 0 atom stereocenters. The lowest BCUT2D eigenvalue weighted by Gasteiger charge is -2.12. The molecule has 184 valence electrons. The Morgan fingerprint density at radius 2 is 1.71 bits per heavy atom.